The Kier molecular flexibility index (Phi) is 2.88. The zero-order valence-corrected chi connectivity index (χ0v) is 9.52. The van der Waals surface area contributed by atoms with Gasteiger partial charge in [-0.15, -0.1) is 11.3 Å². The summed E-state index contributed by atoms with van der Waals surface area (Å²) in [6.07, 6.45) is 6.94. The molecule has 0 atom stereocenters. The maximum atomic E-state index is 5.94. The standard InChI is InChI=1S/C11H18N2S/c1-9-2-4-11(8-12,5-3-9)10-13-6-7-14-10/h6-7,9H,2-5,8,12H2,1H3. The summed E-state index contributed by atoms with van der Waals surface area (Å²) in [4.78, 5) is 4.45. The second-order valence-corrected chi connectivity index (χ2v) is 5.40. The molecule has 0 aliphatic heterocycles. The molecule has 1 aromatic rings. The van der Waals surface area contributed by atoms with Gasteiger partial charge in [0.25, 0.3) is 0 Å². The minimum Gasteiger partial charge on any atom is -0.329 e. The predicted octanol–water partition coefficient (Wildman–Crippen LogP) is 2.55. The predicted molar refractivity (Wildman–Crippen MR) is 60.5 cm³/mol. The minimum atomic E-state index is 0.209. The highest BCUT2D eigenvalue weighted by atomic mass is 32.1. The lowest BCUT2D eigenvalue weighted by Crippen LogP contribution is -2.38. The maximum absolute atomic E-state index is 5.94. The van der Waals surface area contributed by atoms with Crippen LogP contribution in [-0.2, 0) is 5.41 Å². The van der Waals surface area contributed by atoms with Crippen molar-refractivity contribution in [3.8, 4) is 0 Å². The van der Waals surface area contributed by atoms with Gasteiger partial charge in [-0.1, -0.05) is 6.92 Å². The van der Waals surface area contributed by atoms with Gasteiger partial charge in [0, 0.05) is 23.5 Å². The summed E-state index contributed by atoms with van der Waals surface area (Å²) in [6.45, 7) is 3.09. The second-order valence-electron chi connectivity index (χ2n) is 4.50. The molecule has 14 heavy (non-hydrogen) atoms. The Bertz CT molecular complexity index is 273. The molecule has 2 rings (SSSR count). The van der Waals surface area contributed by atoms with Crippen molar-refractivity contribution in [3.63, 3.8) is 0 Å². The van der Waals surface area contributed by atoms with Crippen molar-refractivity contribution < 1.29 is 0 Å². The number of aromatic nitrogens is 1. The van der Waals surface area contributed by atoms with Gasteiger partial charge in [0.2, 0.25) is 0 Å². The number of nitrogens with two attached hydrogens (primary N) is 1. The minimum absolute atomic E-state index is 0.209. The van der Waals surface area contributed by atoms with Gasteiger partial charge in [0.1, 0.15) is 0 Å². The fraction of sp³-hybridized carbons (Fsp3) is 0.727. The van der Waals surface area contributed by atoms with E-state index in [4.69, 9.17) is 5.73 Å². The summed E-state index contributed by atoms with van der Waals surface area (Å²) in [7, 11) is 0. The highest BCUT2D eigenvalue weighted by molar-refractivity contribution is 7.09. The molecule has 0 amide bonds. The zero-order valence-electron chi connectivity index (χ0n) is 8.70. The van der Waals surface area contributed by atoms with Crippen molar-refractivity contribution in [3.05, 3.63) is 16.6 Å². The fourth-order valence-corrected chi connectivity index (χ4v) is 3.22. The van der Waals surface area contributed by atoms with E-state index in [0.29, 0.717) is 0 Å². The van der Waals surface area contributed by atoms with Crippen LogP contribution in [0.4, 0.5) is 0 Å². The SMILES string of the molecule is CC1CCC(CN)(c2nccs2)CC1. The van der Waals surface area contributed by atoms with Crippen LogP contribution in [0.15, 0.2) is 11.6 Å². The highest BCUT2D eigenvalue weighted by Gasteiger charge is 2.36. The first kappa shape index (κ1) is 10.1. The molecular weight excluding hydrogens is 192 g/mol. The van der Waals surface area contributed by atoms with Crippen LogP contribution >= 0.6 is 11.3 Å². The van der Waals surface area contributed by atoms with E-state index in [1.165, 1.54) is 30.7 Å². The molecule has 1 aliphatic carbocycles. The molecule has 1 aliphatic rings. The highest BCUT2D eigenvalue weighted by Crippen LogP contribution is 2.41. The summed E-state index contributed by atoms with van der Waals surface area (Å²) in [5, 5.41) is 3.32. The summed E-state index contributed by atoms with van der Waals surface area (Å²) in [5.74, 6) is 0.870. The fourth-order valence-electron chi connectivity index (χ4n) is 2.31. The van der Waals surface area contributed by atoms with Crippen molar-refractivity contribution in [2.75, 3.05) is 6.54 Å². The summed E-state index contributed by atoms with van der Waals surface area (Å²) < 4.78 is 0. The molecule has 2 nitrogen and oxygen atoms in total. The van der Waals surface area contributed by atoms with Crippen LogP contribution in [0, 0.1) is 5.92 Å². The Morgan fingerprint density at radius 1 is 1.57 bits per heavy atom. The Morgan fingerprint density at radius 3 is 2.79 bits per heavy atom. The van der Waals surface area contributed by atoms with E-state index in [1.54, 1.807) is 11.3 Å². The van der Waals surface area contributed by atoms with Gasteiger partial charge in [-0.3, -0.25) is 0 Å². The summed E-state index contributed by atoms with van der Waals surface area (Å²) in [5.41, 5.74) is 6.15. The molecule has 0 spiro atoms. The molecule has 3 heteroatoms. The van der Waals surface area contributed by atoms with Crippen LogP contribution in [-0.4, -0.2) is 11.5 Å². The van der Waals surface area contributed by atoms with Crippen molar-refractivity contribution in [1.29, 1.82) is 0 Å². The lowest BCUT2D eigenvalue weighted by atomic mass is 9.71. The third-order valence-electron chi connectivity index (χ3n) is 3.51. The van der Waals surface area contributed by atoms with Crippen LogP contribution in [0.3, 0.4) is 0 Å². The summed E-state index contributed by atoms with van der Waals surface area (Å²) in [6, 6.07) is 0. The van der Waals surface area contributed by atoms with Crippen molar-refractivity contribution in [2.24, 2.45) is 11.7 Å². The molecule has 1 fully saturated rings. The molecular formula is C11H18N2S. The van der Waals surface area contributed by atoms with Crippen LogP contribution in [0.1, 0.15) is 37.6 Å². The number of rotatable bonds is 2. The molecule has 0 bridgehead atoms. The maximum Gasteiger partial charge on any atom is 0.0999 e. The van der Waals surface area contributed by atoms with Gasteiger partial charge in [-0.2, -0.15) is 0 Å². The Labute approximate surface area is 89.5 Å². The van der Waals surface area contributed by atoms with Gasteiger partial charge in [0.15, 0.2) is 0 Å². The lowest BCUT2D eigenvalue weighted by molar-refractivity contribution is 0.247. The summed E-state index contributed by atoms with van der Waals surface area (Å²) >= 11 is 1.76. The number of hydrogen-bond donors (Lipinski definition) is 1. The van der Waals surface area contributed by atoms with E-state index in [1.807, 2.05) is 6.20 Å². The van der Waals surface area contributed by atoms with E-state index in [9.17, 15) is 0 Å². The zero-order chi connectivity index (χ0) is 10.0. The normalized spacial score (nSPS) is 33.1. The smallest absolute Gasteiger partial charge is 0.0999 e. The lowest BCUT2D eigenvalue weighted by Gasteiger charge is -2.36. The molecule has 0 radical (unpaired) electrons. The van der Waals surface area contributed by atoms with Crippen molar-refractivity contribution in [1.82, 2.24) is 4.98 Å². The van der Waals surface area contributed by atoms with Gasteiger partial charge < -0.3 is 5.73 Å². The van der Waals surface area contributed by atoms with Crippen LogP contribution in [0.25, 0.3) is 0 Å². The molecule has 0 saturated heterocycles. The monoisotopic (exact) mass is 210 g/mol. The van der Waals surface area contributed by atoms with E-state index >= 15 is 0 Å². The first-order chi connectivity index (χ1) is 6.77. The van der Waals surface area contributed by atoms with Gasteiger partial charge >= 0.3 is 0 Å². The Balaban J connectivity index is 2.19. The number of nitrogens with zero attached hydrogens (tertiary/aromatic N) is 1. The first-order valence-corrected chi connectivity index (χ1v) is 6.25. The van der Waals surface area contributed by atoms with E-state index < -0.39 is 0 Å². The number of hydrogen-bond acceptors (Lipinski definition) is 3. The van der Waals surface area contributed by atoms with Crippen LogP contribution in [0.2, 0.25) is 0 Å². The molecule has 2 N–H and O–H groups in total. The molecule has 0 aromatic carbocycles. The third kappa shape index (κ3) is 1.71. The van der Waals surface area contributed by atoms with Crippen molar-refractivity contribution in [2.45, 2.75) is 38.0 Å². The Morgan fingerprint density at radius 2 is 2.29 bits per heavy atom. The van der Waals surface area contributed by atoms with E-state index in [0.717, 1.165) is 12.5 Å². The van der Waals surface area contributed by atoms with E-state index in [2.05, 4.69) is 17.3 Å². The second kappa shape index (κ2) is 3.99. The molecule has 1 aromatic heterocycles. The van der Waals surface area contributed by atoms with Gasteiger partial charge in [0.05, 0.1) is 5.01 Å². The third-order valence-corrected chi connectivity index (χ3v) is 4.53. The average Bonchev–Trinajstić information content (AvgIpc) is 2.73. The van der Waals surface area contributed by atoms with Gasteiger partial charge in [-0.25, -0.2) is 4.98 Å². The molecule has 0 unspecified atom stereocenters. The quantitative estimate of drug-likeness (QED) is 0.814. The Hall–Kier alpha value is -0.410. The number of thiazole rings is 1. The molecule has 1 heterocycles. The van der Waals surface area contributed by atoms with Crippen LogP contribution in [0.5, 0.6) is 0 Å². The van der Waals surface area contributed by atoms with E-state index in [-0.39, 0.29) is 5.41 Å². The van der Waals surface area contributed by atoms with Crippen molar-refractivity contribution >= 4 is 11.3 Å². The van der Waals surface area contributed by atoms with Crippen LogP contribution < -0.4 is 5.73 Å². The largest absolute Gasteiger partial charge is 0.329 e. The average molecular weight is 210 g/mol. The van der Waals surface area contributed by atoms with Gasteiger partial charge in [-0.05, 0) is 31.6 Å². The first-order valence-electron chi connectivity index (χ1n) is 5.37. The molecule has 78 valence electrons. The topological polar surface area (TPSA) is 38.9 Å². The molecule has 1 saturated carbocycles.